The van der Waals surface area contributed by atoms with Crippen LogP contribution in [0.2, 0.25) is 0 Å². The van der Waals surface area contributed by atoms with Crippen LogP contribution in [0.15, 0.2) is 0 Å². The minimum Gasteiger partial charge on any atom is -0.748 e. The van der Waals surface area contributed by atoms with Gasteiger partial charge in [-0.15, -0.1) is 0 Å². The van der Waals surface area contributed by atoms with Gasteiger partial charge in [0.2, 0.25) is 0 Å². The van der Waals surface area contributed by atoms with Gasteiger partial charge < -0.3 is 30.0 Å². The van der Waals surface area contributed by atoms with Crippen LogP contribution < -0.4 is 10.6 Å². The van der Waals surface area contributed by atoms with Gasteiger partial charge in [0.1, 0.15) is 0 Å². The van der Waals surface area contributed by atoms with Gasteiger partial charge in [0.05, 0.1) is 43.9 Å². The summed E-state index contributed by atoms with van der Waals surface area (Å²) in [7, 11) is -8.29. The maximum absolute atomic E-state index is 10.3. The first-order valence-corrected chi connectivity index (χ1v) is 16.7. The fourth-order valence-corrected chi connectivity index (χ4v) is 4.25. The molecule has 0 rings (SSSR count). The monoisotopic (exact) mass is 600 g/mol. The van der Waals surface area contributed by atoms with Gasteiger partial charge in [-0.25, -0.2) is 16.8 Å². The Morgan fingerprint density at radius 1 is 0.595 bits per heavy atom. The van der Waals surface area contributed by atoms with Crippen LogP contribution in [-0.2, 0) is 20.2 Å². The Labute approximate surface area is 256 Å². The second kappa shape index (κ2) is 28.4. The van der Waals surface area contributed by atoms with Gasteiger partial charge in [-0.3, -0.25) is 0 Å². The van der Waals surface area contributed by atoms with Gasteiger partial charge in [0.25, 0.3) is 0 Å². The van der Waals surface area contributed by atoms with Crippen molar-refractivity contribution in [3.8, 4) is 0 Å². The average Bonchev–Trinajstić information content (AvgIpc) is 2.78. The first kappa shape index (κ1) is 42.4. The Bertz CT molecular complexity index is 624. The molecule has 0 fully saturated rings. The third kappa shape index (κ3) is 41.5. The van der Waals surface area contributed by atoms with Crippen LogP contribution in [0.4, 0.5) is 0 Å². The van der Waals surface area contributed by atoms with E-state index in [0.29, 0.717) is 13.1 Å². The first-order valence-electron chi connectivity index (χ1n) is 13.6. The number of rotatable bonds is 24. The van der Waals surface area contributed by atoms with Crippen LogP contribution in [0.1, 0.15) is 104 Å². The Kier molecular flexibility index (Phi) is 32.6. The molecule has 0 aromatic heterocycles. The van der Waals surface area contributed by atoms with E-state index in [4.69, 9.17) is 0 Å². The van der Waals surface area contributed by atoms with Gasteiger partial charge in [0.15, 0.2) is 0 Å². The van der Waals surface area contributed by atoms with E-state index in [-0.39, 0.29) is 50.8 Å². The molecule has 0 amide bonds. The predicted octanol–water partition coefficient (Wildman–Crippen LogP) is 2.08. The van der Waals surface area contributed by atoms with Crippen molar-refractivity contribution < 1.29 is 36.2 Å². The van der Waals surface area contributed by atoms with Crippen LogP contribution in [0.5, 0.6) is 0 Å². The quantitative estimate of drug-likeness (QED) is 0.0728. The number of aliphatic hydroxyl groups is 2. The smallest absolute Gasteiger partial charge is 0.748 e. The number of hydrogen-bond acceptors (Lipinski definition) is 10. The van der Waals surface area contributed by atoms with Crippen LogP contribution >= 0.6 is 0 Å². The molecule has 0 saturated heterocycles. The number of aliphatic hydroxyl groups excluding tert-OH is 2. The molecular formula is C24H52CaN2O8S2. The van der Waals surface area contributed by atoms with Gasteiger partial charge in [-0.1, -0.05) is 90.9 Å². The summed E-state index contributed by atoms with van der Waals surface area (Å²) in [5, 5.41) is 24.7. The van der Waals surface area contributed by atoms with Gasteiger partial charge in [0, 0.05) is 26.2 Å². The van der Waals surface area contributed by atoms with Crippen molar-refractivity contribution in [2.24, 2.45) is 0 Å². The van der Waals surface area contributed by atoms with Crippen LogP contribution in [0.3, 0.4) is 0 Å². The van der Waals surface area contributed by atoms with E-state index in [9.17, 15) is 36.2 Å². The summed E-state index contributed by atoms with van der Waals surface area (Å²) in [4.78, 5) is 0. The normalized spacial score (nSPS) is 13.4. The molecule has 13 heteroatoms. The molecule has 0 aliphatic carbocycles. The molecule has 2 atom stereocenters. The maximum atomic E-state index is 10.3. The molecule has 10 nitrogen and oxygen atoms in total. The van der Waals surface area contributed by atoms with Crippen LogP contribution in [0, 0.1) is 0 Å². The molecule has 0 bridgehead atoms. The van der Waals surface area contributed by atoms with Crippen molar-refractivity contribution in [2.75, 3.05) is 37.7 Å². The molecule has 0 aromatic carbocycles. The third-order valence-electron chi connectivity index (χ3n) is 5.60. The van der Waals surface area contributed by atoms with Crippen molar-refractivity contribution >= 4 is 58.0 Å². The zero-order valence-electron chi connectivity index (χ0n) is 23.2. The SMILES string of the molecule is CCCCCCCCC(O)CNCCS(=O)(=O)[O-].CCCCCCCCC(O)CNCCS(=O)(=O)[O-].[Ca+2]. The Hall–Kier alpha value is 0.920. The molecule has 0 saturated carbocycles. The number of nitrogens with one attached hydrogen (secondary N) is 2. The average molecular weight is 601 g/mol. The largest absolute Gasteiger partial charge is 2.00 e. The van der Waals surface area contributed by atoms with Crippen molar-refractivity contribution in [2.45, 2.75) is 116 Å². The maximum Gasteiger partial charge on any atom is 2.00 e. The molecule has 220 valence electrons. The van der Waals surface area contributed by atoms with Gasteiger partial charge >= 0.3 is 37.7 Å². The number of unbranched alkanes of at least 4 members (excludes halogenated alkanes) is 10. The fraction of sp³-hybridized carbons (Fsp3) is 1.00. The van der Waals surface area contributed by atoms with E-state index in [1.165, 1.54) is 51.4 Å². The first-order chi connectivity index (χ1) is 16.9. The number of hydrogen-bond donors (Lipinski definition) is 4. The van der Waals surface area contributed by atoms with E-state index in [1.807, 2.05) is 0 Å². The predicted molar refractivity (Wildman–Crippen MR) is 149 cm³/mol. The van der Waals surface area contributed by atoms with E-state index >= 15 is 0 Å². The van der Waals surface area contributed by atoms with E-state index in [1.54, 1.807) is 0 Å². The minimum atomic E-state index is -4.15. The summed E-state index contributed by atoms with van der Waals surface area (Å²) >= 11 is 0. The molecule has 0 spiro atoms. The van der Waals surface area contributed by atoms with Gasteiger partial charge in [-0.2, -0.15) is 0 Å². The molecule has 4 N–H and O–H groups in total. The summed E-state index contributed by atoms with van der Waals surface area (Å²) < 4.78 is 61.9. The molecule has 0 radical (unpaired) electrons. The van der Waals surface area contributed by atoms with Crippen LogP contribution in [0.25, 0.3) is 0 Å². The summed E-state index contributed by atoms with van der Waals surface area (Å²) in [6.45, 7) is 5.28. The zero-order chi connectivity index (χ0) is 27.7. The van der Waals surface area contributed by atoms with E-state index < -0.39 is 43.9 Å². The van der Waals surface area contributed by atoms with Crippen LogP contribution in [-0.4, -0.2) is 124 Å². The molecule has 0 heterocycles. The van der Waals surface area contributed by atoms with E-state index in [2.05, 4.69) is 24.5 Å². The molecule has 0 aliphatic rings. The summed E-state index contributed by atoms with van der Waals surface area (Å²) in [5.74, 6) is -0.840. The zero-order valence-corrected chi connectivity index (χ0v) is 27.0. The van der Waals surface area contributed by atoms with Crippen molar-refractivity contribution in [1.29, 1.82) is 0 Å². The Balaban J connectivity index is -0.000000608. The van der Waals surface area contributed by atoms with Crippen molar-refractivity contribution in [3.05, 3.63) is 0 Å². The minimum absolute atomic E-state index is 0. The van der Waals surface area contributed by atoms with E-state index in [0.717, 1.165) is 38.5 Å². The Morgan fingerprint density at radius 3 is 1.19 bits per heavy atom. The molecular weight excluding hydrogens is 548 g/mol. The Morgan fingerprint density at radius 2 is 0.892 bits per heavy atom. The topological polar surface area (TPSA) is 179 Å². The van der Waals surface area contributed by atoms with Crippen molar-refractivity contribution in [3.63, 3.8) is 0 Å². The second-order valence-corrected chi connectivity index (χ2v) is 12.4. The molecule has 0 aliphatic heterocycles. The summed E-state index contributed by atoms with van der Waals surface area (Å²) in [6.07, 6.45) is 14.7. The standard InChI is InChI=1S/2C12H27NO4S.Ca/c2*1-2-3-4-5-6-7-8-12(14)11-13-9-10-18(15,16)17;/h2*12-14H,2-11H2,1H3,(H,15,16,17);/q;;+2/p-2. The summed E-state index contributed by atoms with van der Waals surface area (Å²) in [6, 6.07) is 0. The van der Waals surface area contributed by atoms with Gasteiger partial charge in [-0.05, 0) is 12.8 Å². The molecule has 2 unspecified atom stereocenters. The third-order valence-corrected chi connectivity index (χ3v) is 7.01. The summed E-state index contributed by atoms with van der Waals surface area (Å²) in [5.41, 5.74) is 0. The molecule has 0 aromatic rings. The fourth-order valence-electron chi connectivity index (χ4n) is 3.46. The second-order valence-electron chi connectivity index (χ2n) is 9.35. The molecule has 37 heavy (non-hydrogen) atoms. The van der Waals surface area contributed by atoms with Crippen molar-refractivity contribution in [1.82, 2.24) is 10.6 Å².